The van der Waals surface area contributed by atoms with Gasteiger partial charge >= 0.3 is 0 Å². The maximum Gasteiger partial charge on any atom is 0.280 e. The fourth-order valence-electron chi connectivity index (χ4n) is 6.34. The molecule has 1 aliphatic carbocycles. The highest BCUT2D eigenvalue weighted by Gasteiger charge is 2.50. The number of rotatable bonds is 3. The number of aryl methyl sites for hydroxylation is 1. The Morgan fingerprint density at radius 3 is 2.68 bits per heavy atom. The second-order valence-electron chi connectivity index (χ2n) is 10.8. The van der Waals surface area contributed by atoms with Crippen molar-refractivity contribution in [2.45, 2.75) is 70.0 Å². The molecule has 1 fully saturated rings. The van der Waals surface area contributed by atoms with E-state index in [2.05, 4.69) is 13.8 Å². The van der Waals surface area contributed by atoms with E-state index in [1.54, 1.807) is 9.58 Å². The number of piperidine rings is 1. The zero-order chi connectivity index (χ0) is 26.2. The van der Waals surface area contributed by atoms with Crippen molar-refractivity contribution in [3.05, 3.63) is 63.0 Å². The minimum atomic E-state index is -0.350. The van der Waals surface area contributed by atoms with E-state index in [9.17, 15) is 14.7 Å². The number of anilines is 1. The molecule has 1 N–H and O–H groups in total. The first-order chi connectivity index (χ1) is 17.7. The number of halogens is 2. The molecule has 7 nitrogen and oxygen atoms in total. The van der Waals surface area contributed by atoms with Gasteiger partial charge in [-0.3, -0.25) is 19.2 Å². The quantitative estimate of drug-likeness (QED) is 0.556. The van der Waals surface area contributed by atoms with Crippen molar-refractivity contribution in [1.29, 1.82) is 0 Å². The van der Waals surface area contributed by atoms with Gasteiger partial charge in [0.25, 0.3) is 5.91 Å². The van der Waals surface area contributed by atoms with Crippen LogP contribution in [0.2, 0.25) is 5.02 Å². The second kappa shape index (κ2) is 9.00. The Kier molecular flexibility index (Phi) is 6.01. The van der Waals surface area contributed by atoms with E-state index < -0.39 is 0 Å². The summed E-state index contributed by atoms with van der Waals surface area (Å²) in [7, 11) is 0. The van der Waals surface area contributed by atoms with Crippen molar-refractivity contribution in [3.63, 3.8) is 0 Å². The third-order valence-corrected chi connectivity index (χ3v) is 8.64. The Hall–Kier alpha value is -2.61. The molecule has 0 bridgehead atoms. The van der Waals surface area contributed by atoms with E-state index in [4.69, 9.17) is 28.3 Å². The number of hydrogen-bond donors (Lipinski definition) is 1. The van der Waals surface area contributed by atoms with Crippen LogP contribution < -0.4 is 4.90 Å². The van der Waals surface area contributed by atoms with E-state index in [1.807, 2.05) is 36.1 Å². The Balaban J connectivity index is 1.48. The van der Waals surface area contributed by atoms with E-state index in [-0.39, 0.29) is 41.8 Å². The third-order valence-electron chi connectivity index (χ3n) is 8.03. The first kappa shape index (κ1) is 24.7. The van der Waals surface area contributed by atoms with Crippen LogP contribution in [0.1, 0.15) is 77.9 Å². The molecule has 6 rings (SSSR count). The number of amides is 2. The van der Waals surface area contributed by atoms with E-state index in [0.717, 1.165) is 39.2 Å². The van der Waals surface area contributed by atoms with Crippen LogP contribution >= 0.6 is 23.2 Å². The molecule has 4 heterocycles. The fraction of sp³-hybridized carbons (Fsp3) is 0.464. The zero-order valence-electron chi connectivity index (χ0n) is 21.2. The highest BCUT2D eigenvalue weighted by atomic mass is 35.5. The summed E-state index contributed by atoms with van der Waals surface area (Å²) in [5, 5.41) is 15.0. The van der Waals surface area contributed by atoms with Crippen molar-refractivity contribution in [2.24, 2.45) is 0 Å². The number of allylic oxidation sites excluding steroid dienone is 2. The van der Waals surface area contributed by atoms with Gasteiger partial charge in [-0.05, 0) is 54.9 Å². The molecule has 1 aromatic heterocycles. The number of aromatic nitrogens is 2. The van der Waals surface area contributed by atoms with Gasteiger partial charge in [0.05, 0.1) is 28.2 Å². The van der Waals surface area contributed by atoms with Crippen molar-refractivity contribution < 1.29 is 14.7 Å². The van der Waals surface area contributed by atoms with Crippen molar-refractivity contribution in [2.75, 3.05) is 18.0 Å². The van der Waals surface area contributed by atoms with Gasteiger partial charge in [-0.25, -0.2) is 0 Å². The highest BCUT2D eigenvalue weighted by Crippen LogP contribution is 2.56. The number of carbonyl (C=O) groups is 2. The Bertz CT molecular complexity index is 1380. The first-order valence-corrected chi connectivity index (χ1v) is 13.7. The summed E-state index contributed by atoms with van der Waals surface area (Å²) in [5.41, 5.74) is 6.92. The molecule has 194 valence electrons. The van der Waals surface area contributed by atoms with Gasteiger partial charge in [0.15, 0.2) is 5.69 Å². The fourth-order valence-corrected chi connectivity index (χ4v) is 6.83. The number of alkyl halides is 1. The molecule has 0 saturated carbocycles. The average molecular weight is 541 g/mol. The molecule has 3 aliphatic heterocycles. The number of carbonyl (C=O) groups excluding carboxylic acids is 2. The molecule has 0 spiro atoms. The molecular formula is C28H30Cl2N4O3. The topological polar surface area (TPSA) is 78.7 Å². The van der Waals surface area contributed by atoms with Crippen molar-refractivity contribution in [1.82, 2.24) is 14.7 Å². The van der Waals surface area contributed by atoms with Crippen LogP contribution in [0.5, 0.6) is 0 Å². The Morgan fingerprint density at radius 1 is 1.24 bits per heavy atom. The largest absolute Gasteiger partial charge is 0.393 e. The molecule has 37 heavy (non-hydrogen) atoms. The van der Waals surface area contributed by atoms with Gasteiger partial charge in [-0.1, -0.05) is 43.7 Å². The number of hydrogen-bond acceptors (Lipinski definition) is 4. The molecule has 9 heteroatoms. The van der Waals surface area contributed by atoms with Crippen molar-refractivity contribution in [3.8, 4) is 0 Å². The predicted molar refractivity (Wildman–Crippen MR) is 144 cm³/mol. The van der Waals surface area contributed by atoms with E-state index in [0.29, 0.717) is 43.1 Å². The summed E-state index contributed by atoms with van der Waals surface area (Å²) >= 11 is 13.3. The van der Waals surface area contributed by atoms with Crippen LogP contribution in [0.15, 0.2) is 29.9 Å². The summed E-state index contributed by atoms with van der Waals surface area (Å²) in [6.45, 7) is 7.28. The van der Waals surface area contributed by atoms with E-state index in [1.165, 1.54) is 0 Å². The normalized spacial score (nSPS) is 22.9. The summed E-state index contributed by atoms with van der Waals surface area (Å²) < 4.78 is 1.73. The summed E-state index contributed by atoms with van der Waals surface area (Å²) in [6.07, 6.45) is 5.45. The van der Waals surface area contributed by atoms with E-state index >= 15 is 0 Å². The predicted octanol–water partition coefficient (Wildman–Crippen LogP) is 4.99. The lowest BCUT2D eigenvalue weighted by Gasteiger charge is -2.39. The molecule has 1 saturated heterocycles. The monoisotopic (exact) mass is 540 g/mol. The Morgan fingerprint density at radius 2 is 1.97 bits per heavy atom. The zero-order valence-corrected chi connectivity index (χ0v) is 22.7. The molecule has 2 amide bonds. The molecule has 1 aromatic carbocycles. The van der Waals surface area contributed by atoms with Crippen LogP contribution in [-0.2, 0) is 11.3 Å². The van der Waals surface area contributed by atoms with Crippen LogP contribution in [0.3, 0.4) is 0 Å². The number of fused-ring (bicyclic) bond motifs is 7. The van der Waals surface area contributed by atoms with Crippen LogP contribution in [0, 0.1) is 6.92 Å². The number of aliphatic hydroxyl groups excluding tert-OH is 1. The number of aliphatic hydroxyl groups is 1. The van der Waals surface area contributed by atoms with Crippen molar-refractivity contribution >= 4 is 46.3 Å². The summed E-state index contributed by atoms with van der Waals surface area (Å²) in [5.74, 6) is -0.175. The number of likely N-dealkylation sites (tertiary alicyclic amines) is 1. The minimum absolute atomic E-state index is 0.0410. The minimum Gasteiger partial charge on any atom is -0.393 e. The van der Waals surface area contributed by atoms with Gasteiger partial charge < -0.3 is 10.0 Å². The second-order valence-corrected chi connectivity index (χ2v) is 11.7. The van der Waals surface area contributed by atoms with Crippen LogP contribution in [0.4, 0.5) is 5.69 Å². The number of nitrogens with zero attached hydrogens (tertiary/aromatic N) is 4. The first-order valence-electron chi connectivity index (χ1n) is 12.9. The molecule has 0 radical (unpaired) electrons. The van der Waals surface area contributed by atoms with Crippen LogP contribution in [-0.4, -0.2) is 56.2 Å². The summed E-state index contributed by atoms with van der Waals surface area (Å²) in [6, 6.07) is 3.49. The number of benzene rings is 1. The third kappa shape index (κ3) is 3.77. The molecule has 2 aromatic rings. The maximum absolute atomic E-state index is 14.0. The molecule has 4 aliphatic rings. The van der Waals surface area contributed by atoms with Gasteiger partial charge in [0, 0.05) is 29.9 Å². The molecule has 2 unspecified atom stereocenters. The lowest BCUT2D eigenvalue weighted by Crippen LogP contribution is -2.42. The Labute approximate surface area is 226 Å². The standard InChI is InChI=1S/C28H30Cl2N4O3/c1-14(2)25-23-24(31-33(25)13-21(36)32-10-8-17(35)9-11-32)28(37)34-26-15(3)4-7-20(30)22(26)19-12-16(29)5-6-18(19)27(23)34/h4-7,14,16-17,27,35H,8-13H2,1-3H3. The highest BCUT2D eigenvalue weighted by molar-refractivity contribution is 6.34. The smallest absolute Gasteiger partial charge is 0.280 e. The van der Waals surface area contributed by atoms with Gasteiger partial charge in [-0.15, -0.1) is 11.6 Å². The lowest BCUT2D eigenvalue weighted by atomic mass is 9.80. The maximum atomic E-state index is 14.0. The average Bonchev–Trinajstić information content (AvgIpc) is 3.36. The molecular weight excluding hydrogens is 511 g/mol. The van der Waals surface area contributed by atoms with Gasteiger partial charge in [0.2, 0.25) is 5.91 Å². The van der Waals surface area contributed by atoms with Gasteiger partial charge in [0.1, 0.15) is 6.54 Å². The van der Waals surface area contributed by atoms with Gasteiger partial charge in [-0.2, -0.15) is 5.10 Å². The lowest BCUT2D eigenvalue weighted by molar-refractivity contribution is -0.134. The summed E-state index contributed by atoms with van der Waals surface area (Å²) in [4.78, 5) is 30.8. The SMILES string of the molecule is Cc1ccc(Cl)c2c1N1C(=O)c3nn(CC(=O)N4CCC(O)CC4)c(C(C)C)c3C1C1=C2CC(Cl)C=C1. The van der Waals surface area contributed by atoms with Crippen LogP contribution in [0.25, 0.3) is 5.57 Å². The molecule has 2 atom stereocenters.